The smallest absolute Gasteiger partial charge is 0.307 e. The number of nitrogens with one attached hydrogen (secondary N) is 1. The van der Waals surface area contributed by atoms with Crippen molar-refractivity contribution in [3.63, 3.8) is 0 Å². The molecular formula is C19H13Br2N3O5. The van der Waals surface area contributed by atoms with Crippen molar-refractivity contribution in [2.75, 3.05) is 6.61 Å². The molecule has 3 rings (SSSR count). The first-order chi connectivity index (χ1) is 13.9. The monoisotopic (exact) mass is 521 g/mol. The van der Waals surface area contributed by atoms with Crippen molar-refractivity contribution >= 4 is 60.6 Å². The third kappa shape index (κ3) is 4.90. The van der Waals surface area contributed by atoms with Crippen molar-refractivity contribution in [2.24, 2.45) is 5.10 Å². The van der Waals surface area contributed by atoms with E-state index in [1.165, 1.54) is 30.5 Å². The van der Waals surface area contributed by atoms with Gasteiger partial charge in [0.15, 0.2) is 5.76 Å². The van der Waals surface area contributed by atoms with E-state index in [1.54, 1.807) is 18.2 Å². The fourth-order valence-electron chi connectivity index (χ4n) is 2.41. The average Bonchev–Trinajstić information content (AvgIpc) is 3.10. The summed E-state index contributed by atoms with van der Waals surface area (Å²) in [6, 6.07) is 9.07. The molecule has 0 atom stereocenters. The molecule has 0 radical (unpaired) electrons. The van der Waals surface area contributed by atoms with E-state index in [2.05, 4.69) is 49.0 Å². The quantitative estimate of drug-likeness (QED) is 0.199. The number of hydrogen-bond donors (Lipinski definition) is 1. The first-order valence-corrected chi connectivity index (χ1v) is 9.71. The summed E-state index contributed by atoms with van der Waals surface area (Å²) in [6.45, 7) is 3.97. The second kappa shape index (κ2) is 9.01. The zero-order chi connectivity index (χ0) is 21.0. The Hall–Kier alpha value is -2.98. The lowest BCUT2D eigenvalue weighted by Crippen LogP contribution is -2.16. The van der Waals surface area contributed by atoms with Gasteiger partial charge >= 0.3 is 5.91 Å². The number of non-ortho nitro benzene ring substituents is 1. The maximum absolute atomic E-state index is 12.2. The van der Waals surface area contributed by atoms with Gasteiger partial charge in [0, 0.05) is 17.5 Å². The Morgan fingerprint density at radius 3 is 2.66 bits per heavy atom. The molecule has 8 nitrogen and oxygen atoms in total. The van der Waals surface area contributed by atoms with Crippen LogP contribution in [0, 0.1) is 10.1 Å². The van der Waals surface area contributed by atoms with E-state index >= 15 is 0 Å². The van der Waals surface area contributed by atoms with Crippen LogP contribution >= 0.6 is 31.9 Å². The molecule has 1 aromatic heterocycles. The minimum absolute atomic E-state index is 0.00631. The minimum atomic E-state index is -0.579. The Bertz CT molecular complexity index is 1120. The molecule has 148 valence electrons. The summed E-state index contributed by atoms with van der Waals surface area (Å²) in [5.41, 5.74) is 3.35. The molecular weight excluding hydrogens is 510 g/mol. The van der Waals surface area contributed by atoms with Gasteiger partial charge in [0.2, 0.25) is 0 Å². The molecule has 0 fully saturated rings. The lowest BCUT2D eigenvalue weighted by molar-refractivity contribution is -0.384. The van der Waals surface area contributed by atoms with Gasteiger partial charge in [0.1, 0.15) is 17.9 Å². The van der Waals surface area contributed by atoms with Crippen LogP contribution in [0.15, 0.2) is 67.5 Å². The van der Waals surface area contributed by atoms with Crippen LogP contribution < -0.4 is 10.2 Å². The topological polar surface area (TPSA) is 107 Å². The second-order valence-electron chi connectivity index (χ2n) is 5.70. The molecule has 2 aromatic carbocycles. The third-order valence-electron chi connectivity index (χ3n) is 3.68. The highest BCUT2D eigenvalue weighted by Crippen LogP contribution is 2.34. The summed E-state index contributed by atoms with van der Waals surface area (Å²) < 4.78 is 12.4. The highest BCUT2D eigenvalue weighted by Gasteiger charge is 2.14. The van der Waals surface area contributed by atoms with Crippen LogP contribution in [-0.2, 0) is 0 Å². The van der Waals surface area contributed by atoms with Crippen molar-refractivity contribution in [2.45, 2.75) is 0 Å². The van der Waals surface area contributed by atoms with Crippen molar-refractivity contribution in [1.29, 1.82) is 0 Å². The molecule has 0 saturated heterocycles. The van der Waals surface area contributed by atoms with Gasteiger partial charge in [0.25, 0.3) is 5.69 Å². The summed E-state index contributed by atoms with van der Waals surface area (Å²) in [6.07, 6.45) is 3.10. The molecule has 3 aromatic rings. The van der Waals surface area contributed by atoms with Crippen LogP contribution in [0.4, 0.5) is 5.69 Å². The van der Waals surface area contributed by atoms with Crippen LogP contribution in [0.2, 0.25) is 0 Å². The van der Waals surface area contributed by atoms with E-state index in [4.69, 9.17) is 9.15 Å². The van der Waals surface area contributed by atoms with Gasteiger partial charge in [-0.05, 0) is 61.7 Å². The number of amides is 1. The van der Waals surface area contributed by atoms with E-state index in [9.17, 15) is 14.9 Å². The molecule has 1 N–H and O–H groups in total. The maximum atomic E-state index is 12.2. The number of rotatable bonds is 7. The second-order valence-corrected chi connectivity index (χ2v) is 7.41. The molecule has 0 spiro atoms. The average molecular weight is 523 g/mol. The SMILES string of the molecule is C=CCOc1c(Br)cc(/C=N/NC(=O)c2cc3cc([N+](=O)[O-])ccc3o2)cc1Br. The third-order valence-corrected chi connectivity index (χ3v) is 4.86. The lowest BCUT2D eigenvalue weighted by atomic mass is 10.2. The molecule has 0 saturated carbocycles. The number of carbonyl (C=O) groups is 1. The number of benzene rings is 2. The number of ether oxygens (including phenoxy) is 1. The molecule has 29 heavy (non-hydrogen) atoms. The number of hydrogen-bond acceptors (Lipinski definition) is 6. The van der Waals surface area contributed by atoms with Crippen LogP contribution in [-0.4, -0.2) is 23.7 Å². The van der Waals surface area contributed by atoms with Crippen LogP contribution in [0.3, 0.4) is 0 Å². The zero-order valence-electron chi connectivity index (χ0n) is 14.7. The number of furan rings is 1. The maximum Gasteiger partial charge on any atom is 0.307 e. The number of hydrazone groups is 1. The predicted octanol–water partition coefficient (Wildman–Crippen LogP) is 5.19. The Morgan fingerprint density at radius 1 is 1.28 bits per heavy atom. The summed E-state index contributed by atoms with van der Waals surface area (Å²) in [5, 5.41) is 15.2. The Labute approximate surface area is 181 Å². The molecule has 0 aliphatic carbocycles. The molecule has 0 aliphatic heterocycles. The van der Waals surface area contributed by atoms with Crippen LogP contribution in [0.1, 0.15) is 16.1 Å². The summed E-state index contributed by atoms with van der Waals surface area (Å²) in [5.74, 6) is 0.0415. The normalized spacial score (nSPS) is 11.0. The number of halogens is 2. The van der Waals surface area contributed by atoms with E-state index in [1.807, 2.05) is 0 Å². The van der Waals surface area contributed by atoms with Gasteiger partial charge in [-0.25, -0.2) is 5.43 Å². The number of carbonyl (C=O) groups excluding carboxylic acids is 1. The van der Waals surface area contributed by atoms with Gasteiger partial charge in [-0.2, -0.15) is 5.10 Å². The van der Waals surface area contributed by atoms with Crippen molar-refractivity contribution in [1.82, 2.24) is 5.43 Å². The number of nitro groups is 1. The molecule has 10 heteroatoms. The zero-order valence-corrected chi connectivity index (χ0v) is 17.9. The van der Waals surface area contributed by atoms with Gasteiger partial charge < -0.3 is 9.15 Å². The lowest BCUT2D eigenvalue weighted by Gasteiger charge is -2.09. The van der Waals surface area contributed by atoms with E-state index in [0.29, 0.717) is 37.8 Å². The first-order valence-electron chi connectivity index (χ1n) is 8.13. The van der Waals surface area contributed by atoms with Crippen LogP contribution in [0.25, 0.3) is 11.0 Å². The Morgan fingerprint density at radius 2 is 2.00 bits per heavy atom. The van der Waals surface area contributed by atoms with Gasteiger partial charge in [-0.1, -0.05) is 12.7 Å². The number of fused-ring (bicyclic) bond motifs is 1. The number of nitro benzene ring substituents is 1. The largest absolute Gasteiger partial charge is 0.487 e. The van der Waals surface area contributed by atoms with E-state index < -0.39 is 10.8 Å². The fourth-order valence-corrected chi connectivity index (χ4v) is 3.86. The standard InChI is InChI=1S/C19H13Br2N3O5/c1-2-5-28-18-14(20)6-11(7-15(18)21)10-22-23-19(25)17-9-12-8-13(24(26)27)3-4-16(12)29-17/h2-4,6-10H,1,5H2,(H,23,25)/b22-10+. The van der Waals surface area contributed by atoms with Crippen molar-refractivity contribution < 1.29 is 18.9 Å². The summed E-state index contributed by atoms with van der Waals surface area (Å²) in [7, 11) is 0. The molecule has 1 amide bonds. The fraction of sp³-hybridized carbons (Fsp3) is 0.0526. The molecule has 1 heterocycles. The first kappa shape index (κ1) is 20.7. The predicted molar refractivity (Wildman–Crippen MR) is 115 cm³/mol. The summed E-state index contributed by atoms with van der Waals surface area (Å²) >= 11 is 6.84. The van der Waals surface area contributed by atoms with Crippen molar-refractivity contribution in [3.8, 4) is 5.75 Å². The molecule has 0 unspecified atom stereocenters. The van der Waals surface area contributed by atoms with Crippen LogP contribution in [0.5, 0.6) is 5.75 Å². The Balaban J connectivity index is 1.71. The minimum Gasteiger partial charge on any atom is -0.487 e. The summed E-state index contributed by atoms with van der Waals surface area (Å²) in [4.78, 5) is 22.6. The molecule has 0 bridgehead atoms. The Kier molecular flexibility index (Phi) is 6.45. The van der Waals surface area contributed by atoms with Crippen molar-refractivity contribution in [3.05, 3.63) is 79.4 Å². The highest BCUT2D eigenvalue weighted by molar-refractivity contribution is 9.11. The van der Waals surface area contributed by atoms with E-state index in [-0.39, 0.29) is 11.4 Å². The van der Waals surface area contributed by atoms with Gasteiger partial charge in [0.05, 0.1) is 20.1 Å². The molecule has 0 aliphatic rings. The van der Waals surface area contributed by atoms with E-state index in [0.717, 1.165) is 0 Å². The van der Waals surface area contributed by atoms with Gasteiger partial charge in [-0.3, -0.25) is 14.9 Å². The van der Waals surface area contributed by atoms with Gasteiger partial charge in [-0.15, -0.1) is 0 Å². The highest BCUT2D eigenvalue weighted by atomic mass is 79.9. The number of nitrogens with zero attached hydrogens (tertiary/aromatic N) is 2.